The molecule has 1 aromatic rings. The maximum Gasteiger partial charge on any atom is 0.133 e. The normalized spacial score (nSPS) is 15.9. The van der Waals surface area contributed by atoms with Crippen LogP contribution >= 0.6 is 12.2 Å². The van der Waals surface area contributed by atoms with Crippen molar-refractivity contribution in [1.29, 1.82) is 0 Å². The molecule has 0 bridgehead atoms. The van der Waals surface area contributed by atoms with Crippen molar-refractivity contribution in [2.45, 2.75) is 31.8 Å². The summed E-state index contributed by atoms with van der Waals surface area (Å²) in [6.45, 7) is 0.820. The van der Waals surface area contributed by atoms with E-state index in [9.17, 15) is 4.39 Å². The lowest BCUT2D eigenvalue weighted by Crippen LogP contribution is -2.36. The van der Waals surface area contributed by atoms with Crippen molar-refractivity contribution in [2.75, 3.05) is 7.05 Å². The van der Waals surface area contributed by atoms with Gasteiger partial charge in [0.2, 0.25) is 0 Å². The third kappa shape index (κ3) is 2.82. The quantitative estimate of drug-likeness (QED) is 0.835. The molecular formula is C13H17FN2S. The van der Waals surface area contributed by atoms with Crippen molar-refractivity contribution in [2.24, 2.45) is 5.73 Å². The van der Waals surface area contributed by atoms with Gasteiger partial charge < -0.3 is 5.73 Å². The fraction of sp³-hybridized carbons (Fsp3) is 0.462. The highest BCUT2D eigenvalue weighted by Crippen LogP contribution is 2.25. The first-order valence-electron chi connectivity index (χ1n) is 5.86. The first-order chi connectivity index (χ1) is 8.08. The Morgan fingerprint density at radius 2 is 2.24 bits per heavy atom. The Labute approximate surface area is 107 Å². The third-order valence-corrected chi connectivity index (χ3v) is 3.65. The topological polar surface area (TPSA) is 29.3 Å². The fourth-order valence-electron chi connectivity index (χ4n) is 2.10. The Kier molecular flexibility index (Phi) is 3.74. The van der Waals surface area contributed by atoms with Gasteiger partial charge in [-0.1, -0.05) is 24.7 Å². The van der Waals surface area contributed by atoms with Gasteiger partial charge in [0.1, 0.15) is 10.8 Å². The van der Waals surface area contributed by atoms with Crippen LogP contribution in [0.1, 0.15) is 30.4 Å². The predicted molar refractivity (Wildman–Crippen MR) is 71.4 cm³/mol. The highest BCUT2D eigenvalue weighted by Gasteiger charge is 2.22. The van der Waals surface area contributed by atoms with E-state index in [0.717, 1.165) is 12.1 Å². The molecule has 0 aromatic heterocycles. The summed E-state index contributed by atoms with van der Waals surface area (Å²) in [4.78, 5) is 2.43. The summed E-state index contributed by atoms with van der Waals surface area (Å²) in [5, 5.41) is 0. The monoisotopic (exact) mass is 252 g/mol. The van der Waals surface area contributed by atoms with Crippen LogP contribution < -0.4 is 5.73 Å². The molecule has 0 radical (unpaired) electrons. The number of hydrogen-bond acceptors (Lipinski definition) is 2. The van der Waals surface area contributed by atoms with E-state index in [-0.39, 0.29) is 10.8 Å². The summed E-state index contributed by atoms with van der Waals surface area (Å²) in [5.74, 6) is -0.340. The predicted octanol–water partition coefficient (Wildman–Crippen LogP) is 2.44. The molecule has 0 aliphatic heterocycles. The minimum absolute atomic E-state index is 0.121. The Bertz CT molecular complexity index is 429. The van der Waals surface area contributed by atoms with Gasteiger partial charge in [0.25, 0.3) is 0 Å². The van der Waals surface area contributed by atoms with Crippen LogP contribution in [0.2, 0.25) is 0 Å². The van der Waals surface area contributed by atoms with Crippen LogP contribution in [0.4, 0.5) is 4.39 Å². The Morgan fingerprint density at radius 3 is 2.76 bits per heavy atom. The summed E-state index contributed by atoms with van der Waals surface area (Å²) in [7, 11) is 2.10. The van der Waals surface area contributed by atoms with Gasteiger partial charge in [-0.25, -0.2) is 4.39 Å². The minimum atomic E-state index is -0.340. The number of halogens is 1. The standard InChI is InChI=1S/C13H17FN2S/c1-16(10-3-2-4-10)8-9-5-6-12(14)11(7-9)13(15)17/h5-7,10H,2-4,8H2,1H3,(H2,15,17). The second kappa shape index (κ2) is 5.10. The number of hydrogen-bond donors (Lipinski definition) is 1. The molecular weight excluding hydrogens is 235 g/mol. The molecule has 0 unspecified atom stereocenters. The molecule has 1 aromatic carbocycles. The van der Waals surface area contributed by atoms with Crippen LogP contribution in [0.5, 0.6) is 0 Å². The van der Waals surface area contributed by atoms with E-state index in [2.05, 4.69) is 11.9 Å². The number of nitrogens with two attached hydrogens (primary N) is 1. The van der Waals surface area contributed by atoms with E-state index in [4.69, 9.17) is 18.0 Å². The van der Waals surface area contributed by atoms with Crippen LogP contribution in [-0.4, -0.2) is 23.0 Å². The van der Waals surface area contributed by atoms with E-state index < -0.39 is 0 Å². The summed E-state index contributed by atoms with van der Waals surface area (Å²) in [6.07, 6.45) is 3.84. The van der Waals surface area contributed by atoms with Crippen molar-refractivity contribution >= 4 is 17.2 Å². The lowest BCUT2D eigenvalue weighted by molar-refractivity contribution is 0.152. The molecule has 2 N–H and O–H groups in total. The number of thiocarbonyl (C=S) groups is 1. The molecule has 0 spiro atoms. The largest absolute Gasteiger partial charge is 0.389 e. The van der Waals surface area contributed by atoms with Crippen molar-refractivity contribution in [3.05, 3.63) is 35.1 Å². The fourth-order valence-corrected chi connectivity index (χ4v) is 2.26. The van der Waals surface area contributed by atoms with Gasteiger partial charge in [-0.2, -0.15) is 0 Å². The number of rotatable bonds is 4. The highest BCUT2D eigenvalue weighted by molar-refractivity contribution is 7.80. The molecule has 1 fully saturated rings. The molecule has 92 valence electrons. The second-order valence-corrected chi connectivity index (χ2v) is 5.12. The summed E-state index contributed by atoms with van der Waals surface area (Å²) in [5.41, 5.74) is 6.89. The zero-order chi connectivity index (χ0) is 12.4. The maximum atomic E-state index is 13.4. The van der Waals surface area contributed by atoms with Crippen molar-refractivity contribution in [3.8, 4) is 0 Å². The van der Waals surface area contributed by atoms with Gasteiger partial charge in [-0.05, 0) is 37.6 Å². The van der Waals surface area contributed by atoms with Crippen LogP contribution in [0, 0.1) is 5.82 Å². The summed E-state index contributed by atoms with van der Waals surface area (Å²) < 4.78 is 13.4. The first kappa shape index (κ1) is 12.5. The highest BCUT2D eigenvalue weighted by atomic mass is 32.1. The van der Waals surface area contributed by atoms with Gasteiger partial charge in [-0.3, -0.25) is 4.90 Å². The molecule has 4 heteroatoms. The van der Waals surface area contributed by atoms with E-state index in [0.29, 0.717) is 11.6 Å². The van der Waals surface area contributed by atoms with E-state index in [1.807, 2.05) is 0 Å². The minimum Gasteiger partial charge on any atom is -0.389 e. The smallest absolute Gasteiger partial charge is 0.133 e. The summed E-state index contributed by atoms with van der Waals surface area (Å²) in [6, 6.07) is 5.67. The molecule has 1 aliphatic carbocycles. The molecule has 2 nitrogen and oxygen atoms in total. The SMILES string of the molecule is CN(Cc1ccc(F)c(C(N)=S)c1)C1CCC1. The van der Waals surface area contributed by atoms with Gasteiger partial charge in [0, 0.05) is 18.2 Å². The molecule has 1 saturated carbocycles. The van der Waals surface area contributed by atoms with Crippen molar-refractivity contribution in [3.63, 3.8) is 0 Å². The summed E-state index contributed by atoms with van der Waals surface area (Å²) >= 11 is 4.83. The maximum absolute atomic E-state index is 13.4. The van der Waals surface area contributed by atoms with Gasteiger partial charge >= 0.3 is 0 Å². The molecule has 0 atom stereocenters. The van der Waals surface area contributed by atoms with Gasteiger partial charge in [-0.15, -0.1) is 0 Å². The lowest BCUT2D eigenvalue weighted by atomic mass is 9.91. The van der Waals surface area contributed by atoms with Crippen molar-refractivity contribution in [1.82, 2.24) is 4.90 Å². The molecule has 0 saturated heterocycles. The van der Waals surface area contributed by atoms with Gasteiger partial charge in [0.05, 0.1) is 0 Å². The Balaban J connectivity index is 2.10. The zero-order valence-corrected chi connectivity index (χ0v) is 10.8. The first-order valence-corrected chi connectivity index (χ1v) is 6.27. The molecule has 2 rings (SSSR count). The van der Waals surface area contributed by atoms with E-state index >= 15 is 0 Å². The average molecular weight is 252 g/mol. The number of benzene rings is 1. The van der Waals surface area contributed by atoms with Crippen molar-refractivity contribution < 1.29 is 4.39 Å². The van der Waals surface area contributed by atoms with Crippen LogP contribution in [0.25, 0.3) is 0 Å². The van der Waals surface area contributed by atoms with E-state index in [1.54, 1.807) is 12.1 Å². The third-order valence-electron chi connectivity index (χ3n) is 3.43. The molecule has 0 heterocycles. The molecule has 0 amide bonds. The second-order valence-electron chi connectivity index (χ2n) is 4.68. The molecule has 1 aliphatic rings. The zero-order valence-electron chi connectivity index (χ0n) is 9.95. The van der Waals surface area contributed by atoms with Gasteiger partial charge in [0.15, 0.2) is 0 Å². The Hall–Kier alpha value is -1.00. The lowest BCUT2D eigenvalue weighted by Gasteiger charge is -2.34. The Morgan fingerprint density at radius 1 is 1.53 bits per heavy atom. The van der Waals surface area contributed by atoms with Crippen LogP contribution in [0.15, 0.2) is 18.2 Å². The van der Waals surface area contributed by atoms with Crippen LogP contribution in [0.3, 0.4) is 0 Å². The molecule has 17 heavy (non-hydrogen) atoms. The van der Waals surface area contributed by atoms with E-state index in [1.165, 1.54) is 25.3 Å². The number of nitrogens with zero attached hydrogens (tertiary/aromatic N) is 1. The average Bonchev–Trinajstić information content (AvgIpc) is 2.17. The van der Waals surface area contributed by atoms with Crippen LogP contribution in [-0.2, 0) is 6.54 Å².